The van der Waals surface area contributed by atoms with Crippen molar-refractivity contribution in [3.8, 4) is 0 Å². The molecule has 2 rings (SSSR count). The second-order valence-electron chi connectivity index (χ2n) is 4.59. The van der Waals surface area contributed by atoms with Crippen LogP contribution in [0.3, 0.4) is 0 Å². The maximum atomic E-state index is 8.97. The molecule has 2 N–H and O–H groups in total. The van der Waals surface area contributed by atoms with E-state index in [1.165, 1.54) is 17.7 Å². The molecule has 0 spiro atoms. The Labute approximate surface area is 95.3 Å². The van der Waals surface area contributed by atoms with Crippen LogP contribution in [0.15, 0.2) is 17.5 Å². The lowest BCUT2D eigenvalue weighted by Gasteiger charge is -2.18. The zero-order valence-electron chi connectivity index (χ0n) is 9.20. The minimum atomic E-state index is 0.328. The Balaban J connectivity index is 1.78. The first kappa shape index (κ1) is 11.1. The van der Waals surface area contributed by atoms with Crippen LogP contribution < -0.4 is 5.32 Å². The summed E-state index contributed by atoms with van der Waals surface area (Å²) >= 11 is 1.80. The molecule has 1 aromatic rings. The summed E-state index contributed by atoms with van der Waals surface area (Å²) in [5.74, 6) is 0. The van der Waals surface area contributed by atoms with Gasteiger partial charge >= 0.3 is 0 Å². The van der Waals surface area contributed by atoms with Crippen molar-refractivity contribution in [1.82, 2.24) is 5.32 Å². The van der Waals surface area contributed by atoms with E-state index in [0.717, 1.165) is 13.0 Å². The van der Waals surface area contributed by atoms with Crippen molar-refractivity contribution in [1.29, 1.82) is 0 Å². The Hall–Kier alpha value is -0.380. The lowest BCUT2D eigenvalue weighted by molar-refractivity contribution is 0.243. The summed E-state index contributed by atoms with van der Waals surface area (Å²) in [5, 5.41) is 14.7. The van der Waals surface area contributed by atoms with Gasteiger partial charge in [-0.05, 0) is 43.0 Å². The van der Waals surface area contributed by atoms with Crippen LogP contribution >= 0.6 is 11.3 Å². The summed E-state index contributed by atoms with van der Waals surface area (Å²) in [6, 6.07) is 4.72. The van der Waals surface area contributed by atoms with Crippen LogP contribution in [0.5, 0.6) is 0 Å². The molecule has 0 saturated heterocycles. The fraction of sp³-hybridized carbons (Fsp3) is 0.667. The summed E-state index contributed by atoms with van der Waals surface area (Å²) in [6.45, 7) is 3.59. The number of aliphatic hydroxyl groups is 1. The van der Waals surface area contributed by atoms with Gasteiger partial charge in [0.2, 0.25) is 0 Å². The van der Waals surface area contributed by atoms with E-state index in [9.17, 15) is 0 Å². The maximum Gasteiger partial charge on any atom is 0.0436 e. The average molecular weight is 225 g/mol. The Kier molecular flexibility index (Phi) is 3.44. The molecule has 3 heteroatoms. The van der Waals surface area contributed by atoms with E-state index in [-0.39, 0.29) is 0 Å². The van der Waals surface area contributed by atoms with Crippen LogP contribution in [0.1, 0.15) is 37.1 Å². The average Bonchev–Trinajstić information content (AvgIpc) is 2.81. The molecule has 84 valence electrons. The van der Waals surface area contributed by atoms with Gasteiger partial charge in [0.25, 0.3) is 0 Å². The van der Waals surface area contributed by atoms with Crippen molar-refractivity contribution in [2.24, 2.45) is 5.41 Å². The fourth-order valence-electron chi connectivity index (χ4n) is 1.94. The number of hydrogen-bond donors (Lipinski definition) is 2. The van der Waals surface area contributed by atoms with Crippen LogP contribution in [0, 0.1) is 5.41 Å². The predicted octanol–water partition coefficient (Wildman–Crippen LogP) is 2.56. The third-order valence-corrected chi connectivity index (χ3v) is 4.41. The van der Waals surface area contributed by atoms with Gasteiger partial charge in [0.1, 0.15) is 0 Å². The Morgan fingerprint density at radius 2 is 2.40 bits per heavy atom. The minimum absolute atomic E-state index is 0.328. The van der Waals surface area contributed by atoms with Crippen molar-refractivity contribution in [2.75, 3.05) is 13.2 Å². The monoisotopic (exact) mass is 225 g/mol. The molecule has 1 heterocycles. The predicted molar refractivity (Wildman–Crippen MR) is 64.1 cm³/mol. The molecule has 1 aromatic heterocycles. The molecule has 1 saturated carbocycles. The number of nitrogens with one attached hydrogen (secondary N) is 1. The van der Waals surface area contributed by atoms with Gasteiger partial charge in [-0.15, -0.1) is 11.3 Å². The van der Waals surface area contributed by atoms with Gasteiger partial charge in [0.15, 0.2) is 0 Å². The zero-order chi connectivity index (χ0) is 10.7. The van der Waals surface area contributed by atoms with Crippen LogP contribution in [-0.2, 0) is 0 Å². The van der Waals surface area contributed by atoms with Gasteiger partial charge in [-0.2, -0.15) is 0 Å². The summed E-state index contributed by atoms with van der Waals surface area (Å²) in [7, 11) is 0. The lowest BCUT2D eigenvalue weighted by atomic mass is 10.0. The number of thiophene rings is 1. The molecule has 0 aromatic carbocycles. The van der Waals surface area contributed by atoms with Gasteiger partial charge in [0, 0.05) is 24.1 Å². The first-order chi connectivity index (χ1) is 7.26. The van der Waals surface area contributed by atoms with Crippen molar-refractivity contribution >= 4 is 11.3 Å². The highest BCUT2D eigenvalue weighted by Gasteiger charge is 2.41. The molecule has 1 aliphatic rings. The van der Waals surface area contributed by atoms with Gasteiger partial charge in [-0.25, -0.2) is 0 Å². The summed E-state index contributed by atoms with van der Waals surface area (Å²) < 4.78 is 0. The molecule has 0 radical (unpaired) electrons. The minimum Gasteiger partial charge on any atom is -0.396 e. The van der Waals surface area contributed by atoms with E-state index in [2.05, 4.69) is 29.8 Å². The van der Waals surface area contributed by atoms with Crippen LogP contribution in [0.2, 0.25) is 0 Å². The zero-order valence-corrected chi connectivity index (χ0v) is 10.0. The van der Waals surface area contributed by atoms with Gasteiger partial charge in [-0.3, -0.25) is 0 Å². The first-order valence-electron chi connectivity index (χ1n) is 5.63. The third kappa shape index (κ3) is 2.80. The molecule has 0 aliphatic heterocycles. The smallest absolute Gasteiger partial charge is 0.0436 e. The van der Waals surface area contributed by atoms with E-state index >= 15 is 0 Å². The first-order valence-corrected chi connectivity index (χ1v) is 6.51. The molecule has 2 nitrogen and oxygen atoms in total. The molecule has 1 atom stereocenters. The lowest BCUT2D eigenvalue weighted by Crippen LogP contribution is -2.27. The Morgan fingerprint density at radius 3 is 2.93 bits per heavy atom. The molecular weight excluding hydrogens is 206 g/mol. The normalized spacial score (nSPS) is 20.1. The molecule has 0 amide bonds. The number of rotatable bonds is 6. The third-order valence-electron chi connectivity index (χ3n) is 3.35. The van der Waals surface area contributed by atoms with Crippen molar-refractivity contribution in [3.63, 3.8) is 0 Å². The van der Waals surface area contributed by atoms with Crippen LogP contribution in [0.4, 0.5) is 0 Å². The van der Waals surface area contributed by atoms with Crippen molar-refractivity contribution in [2.45, 2.75) is 32.2 Å². The van der Waals surface area contributed by atoms with E-state index in [0.29, 0.717) is 18.1 Å². The topological polar surface area (TPSA) is 32.3 Å². The fourth-order valence-corrected chi connectivity index (χ4v) is 2.70. The standard InChI is InChI=1S/C12H19NOS/c1-10(11-3-2-8-15-11)13-9-12(4-5-12)6-7-14/h2-3,8,10,13-14H,4-7,9H2,1H3. The molecular formula is C12H19NOS. The molecule has 0 bridgehead atoms. The summed E-state index contributed by atoms with van der Waals surface area (Å²) in [6.07, 6.45) is 3.51. The van der Waals surface area contributed by atoms with Crippen LogP contribution in [0.25, 0.3) is 0 Å². The molecule has 1 fully saturated rings. The second-order valence-corrected chi connectivity index (χ2v) is 5.57. The van der Waals surface area contributed by atoms with Gasteiger partial charge in [-0.1, -0.05) is 6.07 Å². The second kappa shape index (κ2) is 4.64. The van der Waals surface area contributed by atoms with E-state index in [4.69, 9.17) is 5.11 Å². The molecule has 1 aliphatic carbocycles. The summed E-state index contributed by atoms with van der Waals surface area (Å²) in [4.78, 5) is 1.40. The Bertz CT molecular complexity index is 293. The Morgan fingerprint density at radius 1 is 1.60 bits per heavy atom. The SMILES string of the molecule is CC(NCC1(CCO)CC1)c1cccs1. The van der Waals surface area contributed by atoms with E-state index in [1.807, 2.05) is 0 Å². The van der Waals surface area contributed by atoms with E-state index in [1.54, 1.807) is 11.3 Å². The quantitative estimate of drug-likeness (QED) is 0.780. The maximum absolute atomic E-state index is 8.97. The number of aliphatic hydroxyl groups excluding tert-OH is 1. The highest BCUT2D eigenvalue weighted by atomic mass is 32.1. The molecule has 15 heavy (non-hydrogen) atoms. The van der Waals surface area contributed by atoms with Crippen molar-refractivity contribution < 1.29 is 5.11 Å². The largest absolute Gasteiger partial charge is 0.396 e. The highest BCUT2D eigenvalue weighted by Crippen LogP contribution is 2.48. The summed E-state index contributed by atoms with van der Waals surface area (Å²) in [5.41, 5.74) is 0.417. The van der Waals surface area contributed by atoms with Gasteiger partial charge in [0.05, 0.1) is 0 Å². The van der Waals surface area contributed by atoms with Gasteiger partial charge < -0.3 is 10.4 Å². The molecule has 1 unspecified atom stereocenters. The highest BCUT2D eigenvalue weighted by molar-refractivity contribution is 7.10. The number of hydrogen-bond acceptors (Lipinski definition) is 3. The van der Waals surface area contributed by atoms with E-state index < -0.39 is 0 Å². The van der Waals surface area contributed by atoms with Crippen LogP contribution in [-0.4, -0.2) is 18.3 Å². The van der Waals surface area contributed by atoms with Crippen molar-refractivity contribution in [3.05, 3.63) is 22.4 Å².